The molecule has 0 amide bonds. The van der Waals surface area contributed by atoms with E-state index >= 15 is 0 Å². The molecule has 0 saturated carbocycles. The van der Waals surface area contributed by atoms with E-state index in [9.17, 15) is 19.2 Å². The first kappa shape index (κ1) is 15.2. The molecule has 0 atom stereocenters. The van der Waals surface area contributed by atoms with Gasteiger partial charge < -0.3 is 0 Å². The largest absolute Gasteiger partial charge is 0.285 e. The lowest BCUT2D eigenvalue weighted by atomic mass is 10.2. The van der Waals surface area contributed by atoms with Crippen LogP contribution in [0.3, 0.4) is 0 Å². The average molecular weight is 264 g/mol. The molecule has 0 spiro atoms. The first-order valence-corrected chi connectivity index (χ1v) is 5.46. The highest BCUT2D eigenvalue weighted by Gasteiger charge is 1.92. The Kier molecular flexibility index (Phi) is 6.27. The normalized spacial score (nSPS) is 8.80. The molecule has 4 nitrogen and oxygen atoms in total. The SMILES string of the molecule is O=[C]c1ccc([C]=O)cc1.O=[C]c1cccc([C]=O)c1. The molecule has 4 heteroatoms. The van der Waals surface area contributed by atoms with Crippen LogP contribution >= 0.6 is 0 Å². The van der Waals surface area contributed by atoms with Crippen LogP contribution in [0.1, 0.15) is 22.3 Å². The van der Waals surface area contributed by atoms with Crippen molar-refractivity contribution in [2.24, 2.45) is 0 Å². The molecule has 0 aliphatic rings. The minimum atomic E-state index is 0.376. The molecule has 0 aliphatic carbocycles. The fraction of sp³-hybridized carbons (Fsp3) is 0. The molecule has 2 rings (SSSR count). The van der Waals surface area contributed by atoms with Crippen molar-refractivity contribution in [3.05, 3.63) is 70.8 Å². The molecular formula is C16H8O4. The summed E-state index contributed by atoms with van der Waals surface area (Å²) in [6.45, 7) is 0. The average Bonchev–Trinajstić information content (AvgIpc) is 2.55. The molecule has 0 heterocycles. The van der Waals surface area contributed by atoms with Gasteiger partial charge in [-0.25, -0.2) is 0 Å². The first-order chi connectivity index (χ1) is 9.73. The van der Waals surface area contributed by atoms with Gasteiger partial charge >= 0.3 is 0 Å². The Balaban J connectivity index is 0.000000200. The fourth-order valence-corrected chi connectivity index (χ4v) is 1.25. The molecule has 96 valence electrons. The standard InChI is InChI=1S/2C8H4O2/c9-5-7-1-2-8(6-10)4-3-7;9-5-7-2-1-3-8(4-7)6-10/h2*1-4H. The molecule has 0 fully saturated rings. The van der Waals surface area contributed by atoms with Crippen molar-refractivity contribution in [1.82, 2.24) is 0 Å². The molecule has 0 aromatic heterocycles. The van der Waals surface area contributed by atoms with Crippen molar-refractivity contribution in [1.29, 1.82) is 0 Å². The molecule has 0 unspecified atom stereocenters. The zero-order chi connectivity index (χ0) is 14.8. The van der Waals surface area contributed by atoms with Gasteiger partial charge in [-0.1, -0.05) is 42.5 Å². The van der Waals surface area contributed by atoms with Crippen LogP contribution in [0.5, 0.6) is 0 Å². The van der Waals surface area contributed by atoms with Gasteiger partial charge in [0.05, 0.1) is 0 Å². The summed E-state index contributed by atoms with van der Waals surface area (Å²) in [4.78, 5) is 40.0. The summed E-state index contributed by atoms with van der Waals surface area (Å²) < 4.78 is 0. The van der Waals surface area contributed by atoms with E-state index in [0.29, 0.717) is 22.3 Å². The maximum Gasteiger partial charge on any atom is 0.233 e. The van der Waals surface area contributed by atoms with Gasteiger partial charge in [0, 0.05) is 22.3 Å². The summed E-state index contributed by atoms with van der Waals surface area (Å²) >= 11 is 0. The maximum absolute atomic E-state index is 10.0. The Morgan fingerprint density at radius 1 is 0.500 bits per heavy atom. The molecule has 2 aromatic rings. The van der Waals surface area contributed by atoms with E-state index in [1.54, 1.807) is 43.3 Å². The number of carbonyl (C=O) groups excluding carboxylic acids is 4. The molecule has 0 bridgehead atoms. The van der Waals surface area contributed by atoms with Crippen LogP contribution in [-0.4, -0.2) is 25.1 Å². The van der Waals surface area contributed by atoms with Crippen LogP contribution in [0.2, 0.25) is 0 Å². The predicted octanol–water partition coefficient (Wildman–Crippen LogP) is 1.20. The van der Waals surface area contributed by atoms with Crippen molar-refractivity contribution in [2.45, 2.75) is 0 Å². The monoisotopic (exact) mass is 264 g/mol. The van der Waals surface area contributed by atoms with Gasteiger partial charge in [-0.2, -0.15) is 0 Å². The van der Waals surface area contributed by atoms with Crippen LogP contribution < -0.4 is 0 Å². The van der Waals surface area contributed by atoms with E-state index in [0.717, 1.165) is 0 Å². The summed E-state index contributed by atoms with van der Waals surface area (Å²) in [6, 6.07) is 12.3. The smallest absolute Gasteiger partial charge is 0.233 e. The van der Waals surface area contributed by atoms with Crippen LogP contribution in [-0.2, 0) is 19.2 Å². The van der Waals surface area contributed by atoms with E-state index in [2.05, 4.69) is 0 Å². The van der Waals surface area contributed by atoms with E-state index in [-0.39, 0.29) is 0 Å². The second kappa shape index (κ2) is 8.26. The number of hydrogen-bond acceptors (Lipinski definition) is 4. The zero-order valence-corrected chi connectivity index (χ0v) is 10.3. The fourth-order valence-electron chi connectivity index (χ4n) is 1.25. The minimum Gasteiger partial charge on any atom is -0.285 e. The molecule has 2 aromatic carbocycles. The lowest BCUT2D eigenvalue weighted by Crippen LogP contribution is -1.83. The maximum atomic E-state index is 10.0. The third-order valence-corrected chi connectivity index (χ3v) is 2.22. The van der Waals surface area contributed by atoms with Gasteiger partial charge in [0.2, 0.25) is 25.1 Å². The van der Waals surface area contributed by atoms with Crippen molar-refractivity contribution >= 4 is 25.1 Å². The Hall–Kier alpha value is -2.88. The Bertz CT molecular complexity index is 550. The van der Waals surface area contributed by atoms with E-state index < -0.39 is 0 Å². The molecule has 0 aliphatic heterocycles. The second-order valence-electron chi connectivity index (χ2n) is 3.57. The molecule has 4 radical (unpaired) electrons. The summed E-state index contributed by atoms with van der Waals surface area (Å²) in [6.07, 6.45) is 6.74. The van der Waals surface area contributed by atoms with Crippen molar-refractivity contribution in [2.75, 3.05) is 0 Å². The molecule has 0 N–H and O–H groups in total. The Labute approximate surface area is 116 Å². The van der Waals surface area contributed by atoms with Crippen molar-refractivity contribution in [3.63, 3.8) is 0 Å². The summed E-state index contributed by atoms with van der Waals surface area (Å²) in [7, 11) is 0. The molecular weight excluding hydrogens is 256 g/mol. The topological polar surface area (TPSA) is 68.3 Å². The van der Waals surface area contributed by atoms with Crippen molar-refractivity contribution in [3.8, 4) is 0 Å². The second-order valence-corrected chi connectivity index (χ2v) is 3.57. The zero-order valence-electron chi connectivity index (χ0n) is 10.3. The lowest BCUT2D eigenvalue weighted by Gasteiger charge is -1.87. The Morgan fingerprint density at radius 2 is 0.850 bits per heavy atom. The Morgan fingerprint density at radius 3 is 1.15 bits per heavy atom. The van der Waals surface area contributed by atoms with E-state index in [1.165, 1.54) is 30.3 Å². The number of rotatable bonds is 4. The minimum absolute atomic E-state index is 0.376. The van der Waals surface area contributed by atoms with Gasteiger partial charge in [0.1, 0.15) is 0 Å². The van der Waals surface area contributed by atoms with E-state index in [4.69, 9.17) is 0 Å². The summed E-state index contributed by atoms with van der Waals surface area (Å²) in [5, 5.41) is 0. The number of benzene rings is 2. The third kappa shape index (κ3) is 4.78. The predicted molar refractivity (Wildman–Crippen MR) is 72.1 cm³/mol. The highest BCUT2D eigenvalue weighted by atomic mass is 16.1. The van der Waals surface area contributed by atoms with Crippen LogP contribution in [0.4, 0.5) is 0 Å². The van der Waals surface area contributed by atoms with Gasteiger partial charge in [-0.3, -0.25) is 19.2 Å². The number of hydrogen-bond donors (Lipinski definition) is 0. The molecule has 20 heavy (non-hydrogen) atoms. The van der Waals surface area contributed by atoms with E-state index in [1.807, 2.05) is 0 Å². The van der Waals surface area contributed by atoms with Gasteiger partial charge in [0.15, 0.2) is 0 Å². The van der Waals surface area contributed by atoms with Crippen LogP contribution in [0.25, 0.3) is 0 Å². The van der Waals surface area contributed by atoms with Gasteiger partial charge in [-0.05, 0) is 6.07 Å². The molecule has 0 saturated heterocycles. The van der Waals surface area contributed by atoms with Gasteiger partial charge in [0.25, 0.3) is 0 Å². The summed E-state index contributed by atoms with van der Waals surface area (Å²) in [5.74, 6) is 0. The lowest BCUT2D eigenvalue weighted by molar-refractivity contribution is 0.561. The third-order valence-electron chi connectivity index (χ3n) is 2.22. The first-order valence-electron chi connectivity index (χ1n) is 5.46. The highest BCUT2D eigenvalue weighted by molar-refractivity contribution is 5.82. The van der Waals surface area contributed by atoms with Gasteiger partial charge in [-0.15, -0.1) is 0 Å². The van der Waals surface area contributed by atoms with Crippen LogP contribution in [0, 0.1) is 0 Å². The van der Waals surface area contributed by atoms with Crippen LogP contribution in [0.15, 0.2) is 48.5 Å². The highest BCUT2D eigenvalue weighted by Crippen LogP contribution is 1.99. The van der Waals surface area contributed by atoms with Crippen molar-refractivity contribution < 1.29 is 19.2 Å². The quantitative estimate of drug-likeness (QED) is 0.832. The summed E-state index contributed by atoms with van der Waals surface area (Å²) in [5.41, 5.74) is 1.64.